The van der Waals surface area contributed by atoms with Gasteiger partial charge in [-0.05, 0) is 92.9 Å². The molecule has 13 nitrogen and oxygen atoms in total. The number of non-ortho nitro benzene ring substituents is 2. The van der Waals surface area contributed by atoms with Gasteiger partial charge in [0.2, 0.25) is 0 Å². The summed E-state index contributed by atoms with van der Waals surface area (Å²) in [4.78, 5) is 31.2. The van der Waals surface area contributed by atoms with Gasteiger partial charge in [-0.1, -0.05) is 78.9 Å². The number of phenols is 2. The minimum atomic E-state index is -0.388. The number of rotatable bonds is 4. The Morgan fingerprint density at radius 2 is 1.02 bits per heavy atom. The van der Waals surface area contributed by atoms with Crippen molar-refractivity contribution < 1.29 is 99.0 Å². The van der Waals surface area contributed by atoms with Gasteiger partial charge in [0.25, 0.3) is 11.4 Å². The van der Waals surface area contributed by atoms with Crippen LogP contribution in [0.3, 0.4) is 0 Å². The molecule has 0 amide bonds. The van der Waals surface area contributed by atoms with Gasteiger partial charge in [-0.3, -0.25) is 30.3 Å². The standard InChI is InChI=1S/C20H13NO3.C13H9NO2.C7H6O2.CH4O.2Al.FH.K.H2O2.O/c22-20-8-4-1-5-13(20)11-18-16-7-3-2-6-15(16)17-10-9-14(21(23)24)12-19(17)18;15-14(16)11-5-6-13-10(8-11)7-9-3-1-2-4-12(9)13;8-5-6-3-1-2-4-7(6)9;1-2;;;;;1-2;/h1-12,22H;1-6,8H,7H2;1-5,9H;2H,1H3;;;1H;;1-2H;/q;;;;;+1;;+1;;/p-2. The number of carbonyl (C=O) groups is 1. The predicted octanol–water partition coefficient (Wildman–Crippen LogP) is 1.92. The Bertz CT molecular complexity index is 2350. The Balaban J connectivity index is 0.000000429. The third-order valence-electron chi connectivity index (χ3n) is 8.30. The number of aliphatic hydroxyl groups is 1. The van der Waals surface area contributed by atoms with Gasteiger partial charge in [0.05, 0.1) is 15.4 Å². The minimum absolute atomic E-state index is 0. The van der Waals surface area contributed by atoms with Crippen molar-refractivity contribution in [2.75, 3.05) is 7.11 Å². The molecule has 0 heterocycles. The monoisotopic (exact) mass is 841 g/mol. The fourth-order valence-electron chi connectivity index (χ4n) is 5.95. The summed E-state index contributed by atoms with van der Waals surface area (Å²) in [6, 6.07) is 39.5. The Morgan fingerprint density at radius 3 is 1.53 bits per heavy atom. The van der Waals surface area contributed by atoms with Crippen molar-refractivity contribution in [2.24, 2.45) is 0 Å². The summed E-state index contributed by atoms with van der Waals surface area (Å²) in [5.41, 5.74) is 10.6. The van der Waals surface area contributed by atoms with Gasteiger partial charge in [-0.25, -0.2) is 0 Å². The van der Waals surface area contributed by atoms with Gasteiger partial charge in [-0.15, -0.1) is 0 Å². The molecule has 0 aliphatic heterocycles. The fraction of sp³-hybridized carbons (Fsp3) is 0.0488. The van der Waals surface area contributed by atoms with E-state index < -0.39 is 0 Å². The summed E-state index contributed by atoms with van der Waals surface area (Å²) in [6.45, 7) is 0. The average Bonchev–Trinajstić information content (AvgIpc) is 3.76. The second-order valence-electron chi connectivity index (χ2n) is 11.4. The van der Waals surface area contributed by atoms with Crippen molar-refractivity contribution in [1.29, 1.82) is 0 Å². The zero-order valence-corrected chi connectivity index (χ0v) is 36.6. The summed E-state index contributed by atoms with van der Waals surface area (Å²) in [5, 5.41) is 54.8. The number of aromatic hydroxyl groups is 2. The Morgan fingerprint density at radius 1 is 0.603 bits per heavy atom. The average molecular weight is 842 g/mol. The number of hydrogen-bond acceptors (Lipinski definition) is 11. The van der Waals surface area contributed by atoms with E-state index in [1.54, 1.807) is 71.2 Å². The van der Waals surface area contributed by atoms with Crippen LogP contribution in [0.25, 0.3) is 33.9 Å². The SMILES string of the molecule is CO.O=Cc1ccccc1O.O=[N+]([O-])c1ccc2c(c1)C(=Cc1ccccc1O)c1ccccc1-2.O=[N+]([O-])c1ccc2c(c1)Cc1ccccc1-2.O[O][Al].[F-].[K+].[O]=[Al]. The van der Waals surface area contributed by atoms with Crippen LogP contribution in [0.4, 0.5) is 11.4 Å². The van der Waals surface area contributed by atoms with Gasteiger partial charge in [0.1, 0.15) is 11.5 Å². The number of nitro benzene ring substituents is 2. The molecular weight excluding hydrogens is 809 g/mol. The number of halogens is 1. The van der Waals surface area contributed by atoms with Crippen LogP contribution in [-0.2, 0) is 14.2 Å². The molecule has 0 fully saturated rings. The van der Waals surface area contributed by atoms with Crippen molar-refractivity contribution in [2.45, 2.75) is 6.42 Å². The number of para-hydroxylation sites is 2. The third-order valence-corrected chi connectivity index (χ3v) is 8.30. The maximum absolute atomic E-state index is 11.1. The van der Waals surface area contributed by atoms with Crippen molar-refractivity contribution in [3.63, 3.8) is 0 Å². The molecule has 4 N–H and O–H groups in total. The predicted molar refractivity (Wildman–Crippen MR) is 212 cm³/mol. The Kier molecular flexibility index (Phi) is 23.5. The molecule has 17 heteroatoms. The molecule has 0 atom stereocenters. The van der Waals surface area contributed by atoms with E-state index in [1.807, 2.05) is 60.7 Å². The number of nitro groups is 2. The molecule has 8 rings (SSSR count). The topological polar surface area (TPSA) is 211 Å². The molecule has 3 radical (unpaired) electrons. The number of carbonyl (C=O) groups excluding carboxylic acids is 1. The zero-order chi connectivity index (χ0) is 41.2. The van der Waals surface area contributed by atoms with Crippen LogP contribution in [-0.4, -0.2) is 76.7 Å². The molecule has 0 saturated heterocycles. The molecule has 0 saturated carbocycles. The van der Waals surface area contributed by atoms with Crippen molar-refractivity contribution in [3.05, 3.63) is 187 Å². The molecule has 0 bridgehead atoms. The van der Waals surface area contributed by atoms with E-state index in [9.17, 15) is 30.1 Å². The molecule has 58 heavy (non-hydrogen) atoms. The number of fused-ring (bicyclic) bond motifs is 6. The maximum atomic E-state index is 11.1. The second kappa shape index (κ2) is 26.4. The van der Waals surface area contributed by atoms with Crippen LogP contribution < -0.4 is 56.1 Å². The molecule has 0 unspecified atom stereocenters. The van der Waals surface area contributed by atoms with E-state index in [0.29, 0.717) is 17.4 Å². The number of hydrogen-bond donors (Lipinski definition) is 4. The van der Waals surface area contributed by atoms with Crippen molar-refractivity contribution >= 4 is 62.2 Å². The summed E-state index contributed by atoms with van der Waals surface area (Å²) in [5.74, 6) is 0.217. The quantitative estimate of drug-likeness (QED) is 0.0662. The van der Waals surface area contributed by atoms with E-state index >= 15 is 0 Å². The van der Waals surface area contributed by atoms with Crippen molar-refractivity contribution in [3.8, 4) is 33.8 Å². The molecule has 6 aromatic carbocycles. The van der Waals surface area contributed by atoms with E-state index in [1.165, 1.54) is 39.5 Å². The first kappa shape index (κ1) is 51.5. The van der Waals surface area contributed by atoms with Gasteiger partial charge in [0.15, 0.2) is 6.29 Å². The molecular formula is C41H33Al2FKN2O11. The van der Waals surface area contributed by atoms with E-state index in [-0.39, 0.29) is 88.8 Å². The third kappa shape index (κ3) is 13.2. The van der Waals surface area contributed by atoms with Crippen LogP contribution >= 0.6 is 0 Å². The van der Waals surface area contributed by atoms with Crippen LogP contribution in [0.5, 0.6) is 11.5 Å². The van der Waals surface area contributed by atoms with Gasteiger partial charge in [0, 0.05) is 36.9 Å². The number of benzene rings is 6. The van der Waals surface area contributed by atoms with Gasteiger partial charge in [-0.2, -0.15) is 0 Å². The van der Waals surface area contributed by atoms with E-state index in [2.05, 4.69) is 16.1 Å². The molecule has 6 aromatic rings. The first-order valence-corrected chi connectivity index (χ1v) is 17.3. The normalized spacial score (nSPS) is 10.8. The first-order chi connectivity index (χ1) is 27.2. The zero-order valence-electron chi connectivity index (χ0n) is 31.1. The number of phenolic OH excluding ortho intramolecular Hbond substituents is 2. The molecule has 2 aliphatic rings. The molecule has 0 aromatic heterocycles. The number of aldehydes is 1. The van der Waals surface area contributed by atoms with E-state index in [0.717, 1.165) is 52.5 Å². The Hall–Kier alpha value is -4.56. The summed E-state index contributed by atoms with van der Waals surface area (Å²) in [6.07, 6.45) is 3.30. The summed E-state index contributed by atoms with van der Waals surface area (Å²) < 4.78 is 11.3. The molecule has 287 valence electrons. The van der Waals surface area contributed by atoms with Gasteiger partial charge < -0.3 is 24.0 Å². The van der Waals surface area contributed by atoms with E-state index in [4.69, 9.17) is 19.3 Å². The first-order valence-electron chi connectivity index (χ1n) is 16.3. The molecule has 2 aliphatic carbocycles. The summed E-state index contributed by atoms with van der Waals surface area (Å²) in [7, 11) is 1.00. The van der Waals surface area contributed by atoms with Crippen LogP contribution in [0, 0.1) is 20.2 Å². The number of aliphatic hydroxyl groups excluding tert-OH is 1. The van der Waals surface area contributed by atoms with Gasteiger partial charge >= 0.3 is 88.0 Å². The summed E-state index contributed by atoms with van der Waals surface area (Å²) >= 11 is 2.80. The van der Waals surface area contributed by atoms with Crippen LogP contribution in [0.15, 0.2) is 133 Å². The Labute approximate surface area is 391 Å². The fourth-order valence-corrected chi connectivity index (χ4v) is 5.95. The molecule has 0 spiro atoms. The van der Waals surface area contributed by atoms with Crippen LogP contribution in [0.2, 0.25) is 0 Å². The van der Waals surface area contributed by atoms with Crippen molar-refractivity contribution in [1.82, 2.24) is 0 Å². The second-order valence-corrected chi connectivity index (χ2v) is 11.6. The van der Waals surface area contributed by atoms with Crippen LogP contribution in [0.1, 0.15) is 38.2 Å². The number of nitrogens with zero attached hydrogens (tertiary/aromatic N) is 2.